The number of nitrogens with two attached hydrogens (primary N) is 1. The molecular formula is C12H13ClN4OS. The summed E-state index contributed by atoms with van der Waals surface area (Å²) in [5.41, 5.74) is 7.22. The molecule has 0 aromatic carbocycles. The van der Waals surface area contributed by atoms with Crippen LogP contribution in [0.4, 0.5) is 10.8 Å². The van der Waals surface area contributed by atoms with Gasteiger partial charge in [0.1, 0.15) is 5.15 Å². The van der Waals surface area contributed by atoms with Crippen LogP contribution in [-0.2, 0) is 0 Å². The predicted molar refractivity (Wildman–Crippen MR) is 77.8 cm³/mol. The van der Waals surface area contributed by atoms with Gasteiger partial charge in [-0.05, 0) is 12.0 Å². The van der Waals surface area contributed by atoms with E-state index in [1.165, 1.54) is 23.6 Å². The van der Waals surface area contributed by atoms with Crippen LogP contribution in [-0.4, -0.2) is 15.9 Å². The molecule has 0 unspecified atom stereocenters. The van der Waals surface area contributed by atoms with E-state index in [4.69, 9.17) is 17.3 Å². The second-order valence-corrected chi connectivity index (χ2v) is 5.53. The molecule has 0 saturated carbocycles. The summed E-state index contributed by atoms with van der Waals surface area (Å²) in [6, 6.07) is 1.43. The Bertz CT molecular complexity index is 612. The van der Waals surface area contributed by atoms with Crippen LogP contribution in [0.5, 0.6) is 0 Å². The molecule has 0 bridgehead atoms. The molecule has 2 aromatic heterocycles. The number of nitrogen functional groups attached to an aromatic ring is 1. The van der Waals surface area contributed by atoms with Gasteiger partial charge in [-0.25, -0.2) is 9.97 Å². The summed E-state index contributed by atoms with van der Waals surface area (Å²) in [5, 5.41) is 5.39. The van der Waals surface area contributed by atoms with Crippen molar-refractivity contribution in [2.24, 2.45) is 0 Å². The Hall–Kier alpha value is -1.66. The zero-order valence-electron chi connectivity index (χ0n) is 10.5. The summed E-state index contributed by atoms with van der Waals surface area (Å²) in [7, 11) is 0. The number of thiazole rings is 1. The van der Waals surface area contributed by atoms with E-state index in [2.05, 4.69) is 15.3 Å². The lowest BCUT2D eigenvalue weighted by atomic mass is 10.2. The molecule has 2 heterocycles. The first kappa shape index (κ1) is 13.8. The monoisotopic (exact) mass is 296 g/mol. The molecule has 0 aliphatic rings. The van der Waals surface area contributed by atoms with Crippen molar-refractivity contribution < 1.29 is 4.79 Å². The van der Waals surface area contributed by atoms with E-state index in [-0.39, 0.29) is 16.7 Å². The van der Waals surface area contributed by atoms with Crippen LogP contribution in [0.15, 0.2) is 17.6 Å². The van der Waals surface area contributed by atoms with Gasteiger partial charge in [0.25, 0.3) is 5.91 Å². The van der Waals surface area contributed by atoms with Crippen LogP contribution in [0.2, 0.25) is 5.15 Å². The Morgan fingerprint density at radius 1 is 1.53 bits per heavy atom. The Morgan fingerprint density at radius 2 is 2.26 bits per heavy atom. The van der Waals surface area contributed by atoms with Gasteiger partial charge in [0.15, 0.2) is 5.13 Å². The number of aromatic nitrogens is 2. The Kier molecular flexibility index (Phi) is 4.01. The van der Waals surface area contributed by atoms with Crippen LogP contribution >= 0.6 is 22.9 Å². The van der Waals surface area contributed by atoms with Gasteiger partial charge in [0, 0.05) is 5.38 Å². The quantitative estimate of drug-likeness (QED) is 0.853. The molecular weight excluding hydrogens is 284 g/mol. The van der Waals surface area contributed by atoms with Crippen molar-refractivity contribution in [2.75, 3.05) is 11.1 Å². The number of hydrogen-bond acceptors (Lipinski definition) is 5. The van der Waals surface area contributed by atoms with Crippen molar-refractivity contribution in [1.82, 2.24) is 9.97 Å². The maximum absolute atomic E-state index is 12.1. The van der Waals surface area contributed by atoms with Gasteiger partial charge in [0.2, 0.25) is 0 Å². The van der Waals surface area contributed by atoms with Crippen LogP contribution in [0.3, 0.4) is 0 Å². The summed E-state index contributed by atoms with van der Waals surface area (Å²) in [6.45, 7) is 4.09. The lowest BCUT2D eigenvalue weighted by Crippen LogP contribution is -2.14. The molecule has 100 valence electrons. The van der Waals surface area contributed by atoms with E-state index in [1.807, 2.05) is 19.2 Å². The average molecular weight is 297 g/mol. The van der Waals surface area contributed by atoms with Gasteiger partial charge >= 0.3 is 0 Å². The van der Waals surface area contributed by atoms with Gasteiger partial charge in [-0.1, -0.05) is 25.4 Å². The Labute approximate surface area is 119 Å². The van der Waals surface area contributed by atoms with Crippen LogP contribution in [0.25, 0.3) is 0 Å². The van der Waals surface area contributed by atoms with E-state index in [9.17, 15) is 4.79 Å². The number of pyridine rings is 1. The fourth-order valence-electron chi connectivity index (χ4n) is 1.41. The van der Waals surface area contributed by atoms with Gasteiger partial charge in [-0.15, -0.1) is 11.3 Å². The third-order valence-corrected chi connectivity index (χ3v) is 3.46. The number of anilines is 2. The summed E-state index contributed by atoms with van der Waals surface area (Å²) >= 11 is 7.13. The van der Waals surface area contributed by atoms with Crippen molar-refractivity contribution in [1.29, 1.82) is 0 Å². The van der Waals surface area contributed by atoms with Crippen molar-refractivity contribution in [3.05, 3.63) is 34.1 Å². The van der Waals surface area contributed by atoms with Crippen molar-refractivity contribution in [3.63, 3.8) is 0 Å². The molecule has 0 atom stereocenters. The highest BCUT2D eigenvalue weighted by molar-refractivity contribution is 7.14. The molecule has 0 radical (unpaired) electrons. The van der Waals surface area contributed by atoms with Gasteiger partial charge in [0.05, 0.1) is 23.1 Å². The highest BCUT2D eigenvalue weighted by atomic mass is 35.5. The molecule has 3 N–H and O–H groups in total. The van der Waals surface area contributed by atoms with E-state index in [0.717, 1.165) is 5.69 Å². The number of halogens is 1. The fraction of sp³-hybridized carbons (Fsp3) is 0.250. The minimum absolute atomic E-state index is 0.223. The molecule has 2 rings (SSSR count). The minimum atomic E-state index is -0.341. The molecule has 0 fully saturated rings. The first-order chi connectivity index (χ1) is 8.97. The zero-order valence-corrected chi connectivity index (χ0v) is 12.0. The Morgan fingerprint density at radius 3 is 2.89 bits per heavy atom. The van der Waals surface area contributed by atoms with Crippen molar-refractivity contribution in [2.45, 2.75) is 19.8 Å². The number of nitrogens with zero attached hydrogens (tertiary/aromatic N) is 2. The molecule has 19 heavy (non-hydrogen) atoms. The van der Waals surface area contributed by atoms with Gasteiger partial charge < -0.3 is 5.73 Å². The molecule has 0 aliphatic carbocycles. The molecule has 2 aromatic rings. The summed E-state index contributed by atoms with van der Waals surface area (Å²) in [4.78, 5) is 20.2. The number of carbonyl (C=O) groups is 1. The SMILES string of the molecule is CC(C)c1csc(NC(=O)c2cc(Cl)ncc2N)n1. The number of hydrogen-bond donors (Lipinski definition) is 2. The first-order valence-corrected chi connectivity index (χ1v) is 6.91. The molecule has 0 spiro atoms. The van der Waals surface area contributed by atoms with Gasteiger partial charge in [-0.2, -0.15) is 0 Å². The second-order valence-electron chi connectivity index (χ2n) is 4.28. The number of amides is 1. The second kappa shape index (κ2) is 5.54. The number of nitrogens with one attached hydrogen (secondary N) is 1. The molecule has 7 heteroatoms. The molecule has 0 aliphatic heterocycles. The number of rotatable bonds is 3. The fourth-order valence-corrected chi connectivity index (χ4v) is 2.44. The normalized spacial score (nSPS) is 10.7. The molecule has 1 amide bonds. The van der Waals surface area contributed by atoms with E-state index < -0.39 is 0 Å². The third kappa shape index (κ3) is 3.21. The third-order valence-electron chi connectivity index (χ3n) is 2.48. The topological polar surface area (TPSA) is 80.9 Å². The maximum Gasteiger partial charge on any atom is 0.259 e. The van der Waals surface area contributed by atoms with E-state index in [0.29, 0.717) is 16.6 Å². The predicted octanol–water partition coefficient (Wildman–Crippen LogP) is 3.15. The lowest BCUT2D eigenvalue weighted by Gasteiger charge is -2.05. The first-order valence-electron chi connectivity index (χ1n) is 5.65. The van der Waals surface area contributed by atoms with Crippen molar-refractivity contribution in [3.8, 4) is 0 Å². The largest absolute Gasteiger partial charge is 0.397 e. The average Bonchev–Trinajstić information content (AvgIpc) is 2.80. The lowest BCUT2D eigenvalue weighted by molar-refractivity contribution is 0.102. The smallest absolute Gasteiger partial charge is 0.259 e. The summed E-state index contributed by atoms with van der Waals surface area (Å²) in [5.74, 6) is -0.0196. The van der Waals surface area contributed by atoms with Gasteiger partial charge in [-0.3, -0.25) is 10.1 Å². The van der Waals surface area contributed by atoms with E-state index in [1.54, 1.807) is 0 Å². The summed E-state index contributed by atoms with van der Waals surface area (Å²) in [6.07, 6.45) is 1.36. The Balaban J connectivity index is 2.18. The number of carbonyl (C=O) groups excluding carboxylic acids is 1. The van der Waals surface area contributed by atoms with Crippen LogP contribution < -0.4 is 11.1 Å². The molecule has 5 nitrogen and oxygen atoms in total. The van der Waals surface area contributed by atoms with Crippen LogP contribution in [0, 0.1) is 0 Å². The minimum Gasteiger partial charge on any atom is -0.397 e. The highest BCUT2D eigenvalue weighted by Gasteiger charge is 2.13. The standard InChI is InChI=1S/C12H13ClN4OS/c1-6(2)9-5-19-12(16-9)17-11(18)7-3-10(13)15-4-8(7)14/h3-6H,14H2,1-2H3,(H,16,17,18). The summed E-state index contributed by atoms with van der Waals surface area (Å²) < 4.78 is 0. The molecule has 0 saturated heterocycles. The highest BCUT2D eigenvalue weighted by Crippen LogP contribution is 2.23. The van der Waals surface area contributed by atoms with E-state index >= 15 is 0 Å². The maximum atomic E-state index is 12.1. The van der Waals surface area contributed by atoms with Crippen LogP contribution in [0.1, 0.15) is 35.8 Å². The zero-order chi connectivity index (χ0) is 14.0. The van der Waals surface area contributed by atoms with Crippen molar-refractivity contribution >= 4 is 39.7 Å².